The van der Waals surface area contributed by atoms with Crippen LogP contribution in [0.1, 0.15) is 45.4 Å². The summed E-state index contributed by atoms with van der Waals surface area (Å²) in [6.45, 7) is 0. The molecule has 146 valence electrons. The Morgan fingerprint density at radius 1 is 1.21 bits per heavy atom. The molecule has 0 saturated carbocycles. The van der Waals surface area contributed by atoms with Crippen LogP contribution in [-0.2, 0) is 10.9 Å². The van der Waals surface area contributed by atoms with Crippen LogP contribution >= 0.6 is 11.6 Å². The molecule has 0 radical (unpaired) electrons. The van der Waals surface area contributed by atoms with Crippen LogP contribution in [0.15, 0.2) is 48.6 Å². The fourth-order valence-electron chi connectivity index (χ4n) is 4.30. The van der Waals surface area contributed by atoms with Gasteiger partial charge in [-0.1, -0.05) is 42.0 Å². The molecule has 0 aromatic heterocycles. The van der Waals surface area contributed by atoms with E-state index in [4.69, 9.17) is 16.3 Å². The predicted octanol–water partition coefficient (Wildman–Crippen LogP) is 5.97. The Balaban J connectivity index is 1.89. The standard InChI is InChI=1S/C21H17ClF3NO2/c1-28-20(27)14-9-10-16(22)19-17(14)11-6-4-7-12(11)18(26-19)13-5-2-3-8-15(13)21(23,24)25/h2-6,8-12,18,26H,7H2,1H3/t11-,12-,18+/m1/s1. The van der Waals surface area contributed by atoms with Gasteiger partial charge < -0.3 is 10.1 Å². The minimum Gasteiger partial charge on any atom is -0.465 e. The zero-order valence-corrected chi connectivity index (χ0v) is 15.6. The predicted molar refractivity (Wildman–Crippen MR) is 101 cm³/mol. The topological polar surface area (TPSA) is 38.3 Å². The average Bonchev–Trinajstić information content (AvgIpc) is 3.16. The van der Waals surface area contributed by atoms with Crippen LogP contribution in [-0.4, -0.2) is 13.1 Å². The maximum atomic E-state index is 13.6. The molecule has 28 heavy (non-hydrogen) atoms. The Morgan fingerprint density at radius 2 is 1.96 bits per heavy atom. The second-order valence-electron chi connectivity index (χ2n) is 6.94. The lowest BCUT2D eigenvalue weighted by molar-refractivity contribution is -0.138. The van der Waals surface area contributed by atoms with E-state index >= 15 is 0 Å². The number of methoxy groups -OCH3 is 1. The van der Waals surface area contributed by atoms with E-state index in [2.05, 4.69) is 5.32 Å². The van der Waals surface area contributed by atoms with Crippen LogP contribution < -0.4 is 5.32 Å². The first kappa shape index (κ1) is 18.9. The fraction of sp³-hybridized carbons (Fsp3) is 0.286. The third kappa shape index (κ3) is 2.96. The molecule has 2 aromatic rings. The SMILES string of the molecule is COC(=O)c1ccc(Cl)c2c1[C@@H]1C=CC[C@H]1[C@@H](c1ccccc1C(F)(F)F)N2. The summed E-state index contributed by atoms with van der Waals surface area (Å²) in [7, 11) is 1.30. The Labute approximate surface area is 165 Å². The molecule has 3 nitrogen and oxygen atoms in total. The van der Waals surface area contributed by atoms with Gasteiger partial charge in [0.05, 0.1) is 35.0 Å². The van der Waals surface area contributed by atoms with Crippen molar-refractivity contribution in [3.8, 4) is 0 Å². The third-order valence-corrected chi connectivity index (χ3v) is 5.79. The van der Waals surface area contributed by atoms with Gasteiger partial charge in [0.15, 0.2) is 0 Å². The van der Waals surface area contributed by atoms with Gasteiger partial charge in [-0.2, -0.15) is 13.2 Å². The number of hydrogen-bond acceptors (Lipinski definition) is 3. The van der Waals surface area contributed by atoms with Crippen LogP contribution in [0.25, 0.3) is 0 Å². The van der Waals surface area contributed by atoms with Crippen molar-refractivity contribution < 1.29 is 22.7 Å². The fourth-order valence-corrected chi connectivity index (χ4v) is 4.52. The lowest BCUT2D eigenvalue weighted by Gasteiger charge is -2.39. The monoisotopic (exact) mass is 407 g/mol. The Morgan fingerprint density at radius 3 is 2.68 bits per heavy atom. The van der Waals surface area contributed by atoms with Gasteiger partial charge in [0.25, 0.3) is 0 Å². The Kier molecular flexibility index (Phi) is 4.62. The molecular formula is C21H17ClF3NO2. The number of rotatable bonds is 2. The van der Waals surface area contributed by atoms with E-state index < -0.39 is 23.8 Å². The van der Waals surface area contributed by atoms with Gasteiger partial charge >= 0.3 is 12.1 Å². The van der Waals surface area contributed by atoms with Gasteiger partial charge in [-0.3, -0.25) is 0 Å². The number of alkyl halides is 3. The van der Waals surface area contributed by atoms with E-state index in [9.17, 15) is 18.0 Å². The highest BCUT2D eigenvalue weighted by Gasteiger charge is 2.44. The molecule has 4 rings (SSSR count). The normalized spacial score (nSPS) is 23.0. The van der Waals surface area contributed by atoms with Crippen LogP contribution in [0.4, 0.5) is 18.9 Å². The molecule has 1 aliphatic carbocycles. The summed E-state index contributed by atoms with van der Waals surface area (Å²) in [5.41, 5.74) is 1.05. The van der Waals surface area contributed by atoms with Crippen molar-refractivity contribution in [2.24, 2.45) is 5.92 Å². The van der Waals surface area contributed by atoms with Gasteiger partial charge in [-0.25, -0.2) is 4.79 Å². The number of carbonyl (C=O) groups is 1. The number of allylic oxidation sites excluding steroid dienone is 2. The zero-order chi connectivity index (χ0) is 20.1. The average molecular weight is 408 g/mol. The van der Waals surface area contributed by atoms with Gasteiger partial charge in [-0.15, -0.1) is 0 Å². The molecule has 2 aliphatic rings. The molecule has 0 spiro atoms. The summed E-state index contributed by atoms with van der Waals surface area (Å²) < 4.78 is 45.7. The quantitative estimate of drug-likeness (QED) is 0.492. The molecule has 0 unspecified atom stereocenters. The summed E-state index contributed by atoms with van der Waals surface area (Å²) in [4.78, 5) is 12.3. The molecular weight excluding hydrogens is 391 g/mol. The number of anilines is 1. The first-order valence-corrected chi connectivity index (χ1v) is 9.20. The highest BCUT2D eigenvalue weighted by molar-refractivity contribution is 6.33. The van der Waals surface area contributed by atoms with Gasteiger partial charge in [0, 0.05) is 5.92 Å². The van der Waals surface area contributed by atoms with Crippen molar-refractivity contribution in [3.05, 3.63) is 75.8 Å². The molecule has 0 amide bonds. The zero-order valence-electron chi connectivity index (χ0n) is 14.9. The van der Waals surface area contributed by atoms with Crippen molar-refractivity contribution in [2.45, 2.75) is 24.6 Å². The molecule has 1 N–H and O–H groups in total. The van der Waals surface area contributed by atoms with E-state index in [1.165, 1.54) is 19.2 Å². The minimum atomic E-state index is -4.46. The summed E-state index contributed by atoms with van der Waals surface area (Å²) in [6.07, 6.45) is 0.0203. The number of carbonyl (C=O) groups excluding carboxylic acids is 1. The molecule has 2 aromatic carbocycles. The number of hydrogen-bond donors (Lipinski definition) is 1. The number of ether oxygens (including phenoxy) is 1. The minimum absolute atomic E-state index is 0.169. The summed E-state index contributed by atoms with van der Waals surface area (Å²) in [5, 5.41) is 3.56. The Hall–Kier alpha value is -2.47. The maximum absolute atomic E-state index is 13.6. The maximum Gasteiger partial charge on any atom is 0.416 e. The van der Waals surface area contributed by atoms with Crippen molar-refractivity contribution in [3.63, 3.8) is 0 Å². The van der Waals surface area contributed by atoms with Crippen LogP contribution in [0.2, 0.25) is 5.02 Å². The number of benzene rings is 2. The summed E-state index contributed by atoms with van der Waals surface area (Å²) in [5.74, 6) is -0.892. The first-order valence-electron chi connectivity index (χ1n) is 8.83. The summed E-state index contributed by atoms with van der Waals surface area (Å²) in [6, 6.07) is 8.15. The molecule has 0 bridgehead atoms. The van der Waals surface area contributed by atoms with Crippen molar-refractivity contribution in [1.82, 2.24) is 0 Å². The molecule has 0 saturated heterocycles. The first-order chi connectivity index (χ1) is 13.3. The van der Waals surface area contributed by atoms with E-state index in [1.807, 2.05) is 12.2 Å². The van der Waals surface area contributed by atoms with Crippen molar-refractivity contribution >= 4 is 23.3 Å². The molecule has 3 atom stereocenters. The second kappa shape index (κ2) is 6.85. The highest BCUT2D eigenvalue weighted by atomic mass is 35.5. The summed E-state index contributed by atoms with van der Waals surface area (Å²) >= 11 is 6.37. The number of fused-ring (bicyclic) bond motifs is 3. The highest BCUT2D eigenvalue weighted by Crippen LogP contribution is 2.54. The van der Waals surface area contributed by atoms with Gasteiger partial charge in [-0.05, 0) is 41.7 Å². The number of esters is 1. The Bertz CT molecular complexity index is 971. The van der Waals surface area contributed by atoms with Crippen LogP contribution in [0.3, 0.4) is 0 Å². The van der Waals surface area contributed by atoms with E-state index in [1.54, 1.807) is 18.2 Å². The van der Waals surface area contributed by atoms with Crippen LogP contribution in [0, 0.1) is 5.92 Å². The third-order valence-electron chi connectivity index (χ3n) is 5.48. The molecule has 0 fully saturated rings. The van der Waals surface area contributed by atoms with Crippen LogP contribution in [0.5, 0.6) is 0 Å². The van der Waals surface area contributed by atoms with Crippen molar-refractivity contribution in [2.75, 3.05) is 12.4 Å². The smallest absolute Gasteiger partial charge is 0.416 e. The second-order valence-corrected chi connectivity index (χ2v) is 7.34. The molecule has 1 aliphatic heterocycles. The van der Waals surface area contributed by atoms with Crippen molar-refractivity contribution in [1.29, 1.82) is 0 Å². The van der Waals surface area contributed by atoms with E-state index in [0.29, 0.717) is 28.3 Å². The van der Waals surface area contributed by atoms with E-state index in [-0.39, 0.29) is 17.4 Å². The molecule has 7 heteroatoms. The largest absolute Gasteiger partial charge is 0.465 e. The number of nitrogens with one attached hydrogen (secondary N) is 1. The molecule has 1 heterocycles. The lowest BCUT2D eigenvalue weighted by Crippen LogP contribution is -2.32. The van der Waals surface area contributed by atoms with E-state index in [0.717, 1.165) is 6.07 Å². The lowest BCUT2D eigenvalue weighted by atomic mass is 9.74. The number of halogens is 4. The van der Waals surface area contributed by atoms with Gasteiger partial charge in [0.1, 0.15) is 0 Å². The van der Waals surface area contributed by atoms with Gasteiger partial charge in [0.2, 0.25) is 0 Å².